The van der Waals surface area contributed by atoms with Gasteiger partial charge in [0.15, 0.2) is 0 Å². The number of hydrogen-bond acceptors (Lipinski definition) is 0. The zero-order chi connectivity index (χ0) is 13.2. The molecule has 0 nitrogen and oxygen atoms in total. The summed E-state index contributed by atoms with van der Waals surface area (Å²) in [6.07, 6.45) is 11.0. The van der Waals surface area contributed by atoms with Crippen LogP contribution in [0.4, 0.5) is 0 Å². The van der Waals surface area contributed by atoms with Gasteiger partial charge >= 0.3 is 126 Å². The Morgan fingerprint density at radius 3 is 2.28 bits per heavy atom. The van der Waals surface area contributed by atoms with Crippen molar-refractivity contribution < 1.29 is 0 Å². The summed E-state index contributed by atoms with van der Waals surface area (Å²) >= 11 is 1.50. The first-order chi connectivity index (χ1) is 8.81. The number of hydrogen-bond donors (Lipinski definition) is 0. The Kier molecular flexibility index (Phi) is 9.51. The minimum absolute atomic E-state index is 0.730. The van der Waals surface area contributed by atoms with E-state index >= 15 is 0 Å². The summed E-state index contributed by atoms with van der Waals surface area (Å²) in [7, 11) is 0. The van der Waals surface area contributed by atoms with Crippen molar-refractivity contribution in [2.24, 2.45) is 0 Å². The van der Waals surface area contributed by atoms with Crippen molar-refractivity contribution in [3.63, 3.8) is 0 Å². The Bertz CT molecular complexity index is 315. The maximum atomic E-state index is 2.61. The molecule has 0 radical (unpaired) electrons. The van der Waals surface area contributed by atoms with Crippen molar-refractivity contribution in [1.29, 1.82) is 0 Å². The molecule has 1 heterocycles. The van der Waals surface area contributed by atoms with Gasteiger partial charge in [0.25, 0.3) is 0 Å². The summed E-state index contributed by atoms with van der Waals surface area (Å²) in [5.41, 5.74) is 0. The first-order valence-corrected chi connectivity index (χ1v) is 11.3. The SMILES string of the molecule is CCCC[Se]c1cc(CCCC)[se]c1CCCC. The van der Waals surface area contributed by atoms with Gasteiger partial charge in [0.05, 0.1) is 0 Å². The zero-order valence-corrected chi connectivity index (χ0v) is 15.7. The summed E-state index contributed by atoms with van der Waals surface area (Å²) in [6.45, 7) is 6.93. The van der Waals surface area contributed by atoms with E-state index in [0.717, 1.165) is 29.5 Å². The fourth-order valence-corrected chi connectivity index (χ4v) is 8.17. The molecule has 0 aromatic carbocycles. The third-order valence-corrected chi connectivity index (χ3v) is 8.85. The van der Waals surface area contributed by atoms with Crippen LogP contribution in [0, 0.1) is 0 Å². The fourth-order valence-electron chi connectivity index (χ4n) is 1.90. The zero-order valence-electron chi connectivity index (χ0n) is 12.3. The molecule has 18 heavy (non-hydrogen) atoms. The molecule has 0 bridgehead atoms. The molecule has 2 heteroatoms. The predicted molar refractivity (Wildman–Crippen MR) is 85.7 cm³/mol. The van der Waals surface area contributed by atoms with Gasteiger partial charge in [-0.2, -0.15) is 0 Å². The Hall–Kier alpha value is 0.519. The van der Waals surface area contributed by atoms with E-state index in [0.29, 0.717) is 0 Å². The van der Waals surface area contributed by atoms with Crippen molar-refractivity contribution in [1.82, 2.24) is 0 Å². The average Bonchev–Trinajstić information content (AvgIpc) is 2.77. The van der Waals surface area contributed by atoms with Crippen LogP contribution in [0.3, 0.4) is 0 Å². The van der Waals surface area contributed by atoms with Gasteiger partial charge in [0, 0.05) is 0 Å². The van der Waals surface area contributed by atoms with Crippen LogP contribution in [0.2, 0.25) is 5.32 Å². The van der Waals surface area contributed by atoms with Crippen LogP contribution in [0.1, 0.15) is 68.2 Å². The molecule has 0 spiro atoms. The topological polar surface area (TPSA) is 0 Å². The van der Waals surface area contributed by atoms with E-state index in [-0.39, 0.29) is 0 Å². The van der Waals surface area contributed by atoms with Crippen molar-refractivity contribution in [3.8, 4) is 0 Å². The molecule has 0 saturated carbocycles. The van der Waals surface area contributed by atoms with Crippen LogP contribution in [-0.2, 0) is 12.8 Å². The van der Waals surface area contributed by atoms with E-state index < -0.39 is 0 Å². The van der Waals surface area contributed by atoms with Crippen molar-refractivity contribution in [2.45, 2.75) is 77.5 Å². The summed E-state index contributed by atoms with van der Waals surface area (Å²) in [6, 6.07) is 2.61. The Morgan fingerprint density at radius 2 is 1.61 bits per heavy atom. The van der Waals surface area contributed by atoms with E-state index in [4.69, 9.17) is 0 Å². The summed E-state index contributed by atoms with van der Waals surface area (Å²) in [4.78, 5) is 0. The molecule has 0 N–H and O–H groups in total. The van der Waals surface area contributed by atoms with Crippen LogP contribution < -0.4 is 4.46 Å². The van der Waals surface area contributed by atoms with E-state index in [1.54, 1.807) is 8.90 Å². The second kappa shape index (κ2) is 10.3. The number of aryl methyl sites for hydroxylation is 2. The maximum absolute atomic E-state index is 2.61. The molecule has 0 saturated heterocycles. The molecule has 104 valence electrons. The third kappa shape index (κ3) is 6.11. The first-order valence-electron chi connectivity index (χ1n) is 7.56. The van der Waals surface area contributed by atoms with Gasteiger partial charge in [-0.05, 0) is 0 Å². The predicted octanol–water partition coefficient (Wildman–Crippen LogP) is 3.98. The molecule has 0 aliphatic carbocycles. The average molecular weight is 378 g/mol. The summed E-state index contributed by atoms with van der Waals surface area (Å²) in [5, 5.41) is 1.46. The van der Waals surface area contributed by atoms with Crippen LogP contribution in [-0.4, -0.2) is 29.5 Å². The normalized spacial score (nSPS) is 11.1. The summed E-state index contributed by atoms with van der Waals surface area (Å²) in [5.74, 6) is 0. The number of rotatable bonds is 10. The van der Waals surface area contributed by atoms with Gasteiger partial charge in [0.1, 0.15) is 0 Å². The molecular weight excluding hydrogens is 350 g/mol. The van der Waals surface area contributed by atoms with Crippen molar-refractivity contribution in [2.75, 3.05) is 0 Å². The molecule has 0 amide bonds. The Labute approximate surface area is 126 Å². The van der Waals surface area contributed by atoms with E-state index in [2.05, 4.69) is 26.8 Å². The van der Waals surface area contributed by atoms with Gasteiger partial charge in [-0.3, -0.25) is 0 Å². The molecule has 1 rings (SSSR count). The monoisotopic (exact) mass is 380 g/mol. The molecular formula is C16H28Se2. The van der Waals surface area contributed by atoms with E-state index in [9.17, 15) is 0 Å². The standard InChI is InChI=1S/C16H28Se2/c1-4-7-10-14-13-16(17-12-9-6-3)15(18-14)11-8-5-2/h13H,4-12H2,1-3H3. The minimum atomic E-state index is 0.730. The molecule has 1 aromatic rings. The Balaban J connectivity index is 2.60. The molecule has 0 aliphatic heterocycles. The van der Waals surface area contributed by atoms with E-state index in [1.807, 2.05) is 4.44 Å². The first kappa shape index (κ1) is 16.6. The fraction of sp³-hybridized carbons (Fsp3) is 0.750. The van der Waals surface area contributed by atoms with Crippen LogP contribution >= 0.6 is 0 Å². The molecule has 0 aliphatic rings. The van der Waals surface area contributed by atoms with Crippen LogP contribution in [0.5, 0.6) is 0 Å². The summed E-state index contributed by atoms with van der Waals surface area (Å²) < 4.78 is 5.46. The number of unbranched alkanes of at least 4 members (excludes halogenated alkanes) is 3. The van der Waals surface area contributed by atoms with Gasteiger partial charge in [-0.1, -0.05) is 0 Å². The van der Waals surface area contributed by atoms with Crippen molar-refractivity contribution in [3.05, 3.63) is 14.9 Å². The Morgan fingerprint density at radius 1 is 0.944 bits per heavy atom. The van der Waals surface area contributed by atoms with Crippen molar-refractivity contribution >= 4 is 33.9 Å². The third-order valence-electron chi connectivity index (χ3n) is 3.11. The molecule has 0 unspecified atom stereocenters. The second-order valence-corrected chi connectivity index (χ2v) is 9.86. The molecule has 0 fully saturated rings. The second-order valence-electron chi connectivity index (χ2n) is 4.91. The van der Waals surface area contributed by atoms with Gasteiger partial charge < -0.3 is 0 Å². The molecule has 1 aromatic heterocycles. The van der Waals surface area contributed by atoms with Crippen LogP contribution in [0.25, 0.3) is 0 Å². The van der Waals surface area contributed by atoms with Gasteiger partial charge in [0.2, 0.25) is 0 Å². The van der Waals surface area contributed by atoms with Gasteiger partial charge in [-0.15, -0.1) is 0 Å². The van der Waals surface area contributed by atoms with Crippen LogP contribution in [0.15, 0.2) is 6.07 Å². The quantitative estimate of drug-likeness (QED) is 0.427. The van der Waals surface area contributed by atoms with E-state index in [1.165, 1.54) is 56.7 Å². The molecule has 0 atom stereocenters. The van der Waals surface area contributed by atoms with Gasteiger partial charge in [-0.25, -0.2) is 0 Å².